The molecule has 0 atom stereocenters. The van der Waals surface area contributed by atoms with Crippen LogP contribution >= 0.6 is 28.6 Å². The summed E-state index contributed by atoms with van der Waals surface area (Å²) in [6, 6.07) is 0.574. The Morgan fingerprint density at radius 1 is 1.28 bits per heavy atom. The molecule has 3 nitrogen and oxygen atoms in total. The van der Waals surface area contributed by atoms with Crippen molar-refractivity contribution in [1.29, 1.82) is 0 Å². The van der Waals surface area contributed by atoms with Crippen molar-refractivity contribution in [2.45, 2.75) is 11.3 Å². The van der Waals surface area contributed by atoms with Gasteiger partial charge in [-0.05, 0) is 22.0 Å². The van der Waals surface area contributed by atoms with Crippen LogP contribution in [0.5, 0.6) is 5.88 Å². The van der Waals surface area contributed by atoms with E-state index in [1.165, 1.54) is 0 Å². The van der Waals surface area contributed by atoms with E-state index in [2.05, 4.69) is 38.5 Å². The number of halogens is 5. The molecule has 1 aromatic heterocycles. The Balaban J connectivity index is 2.93. The summed E-state index contributed by atoms with van der Waals surface area (Å²) >= 11 is 6.23. The van der Waals surface area contributed by atoms with Crippen LogP contribution < -0.4 is 0 Å². The highest BCUT2D eigenvalue weighted by molar-refractivity contribution is 9.10. The third-order valence-corrected chi connectivity index (χ3v) is 3.12. The van der Waals surface area contributed by atoms with E-state index in [4.69, 9.17) is 0 Å². The van der Waals surface area contributed by atoms with Crippen LogP contribution in [0.15, 0.2) is 15.7 Å². The molecule has 96 valence electrons. The highest BCUT2D eigenvalue weighted by atomic mass is 79.9. The number of thiol groups is 1. The Morgan fingerprint density at radius 3 is 2.44 bits per heavy atom. The van der Waals surface area contributed by atoms with Gasteiger partial charge in [-0.15, -0.1) is 12.6 Å². The fourth-order valence-corrected chi connectivity index (χ4v) is 2.10. The lowest BCUT2D eigenvalue weighted by atomic mass is 10.1. The first-order chi connectivity index (χ1) is 8.21. The van der Waals surface area contributed by atoms with Crippen molar-refractivity contribution in [2.75, 3.05) is 0 Å². The first-order valence-corrected chi connectivity index (χ1v) is 5.60. The largest absolute Gasteiger partial charge is 0.493 e. The summed E-state index contributed by atoms with van der Waals surface area (Å²) in [4.78, 5) is 6.90. The lowest BCUT2D eigenvalue weighted by Gasteiger charge is -2.12. The zero-order valence-electron chi connectivity index (χ0n) is 8.26. The SMILES string of the molecule is Oc1nc(S)nc2c(F)c(Br)c(C(F)(F)F)cc12. The van der Waals surface area contributed by atoms with E-state index in [1.54, 1.807) is 0 Å². The molecule has 0 bridgehead atoms. The molecule has 0 saturated carbocycles. The second kappa shape index (κ2) is 4.23. The standard InChI is InChI=1S/C9H3BrF4N2OS/c10-4-3(9(12,13)14)1-2-6(5(4)11)15-8(18)16-7(2)17/h1H,(H2,15,16,17,18). The molecule has 0 spiro atoms. The minimum absolute atomic E-state index is 0.245. The van der Waals surface area contributed by atoms with Crippen molar-refractivity contribution in [3.05, 3.63) is 21.9 Å². The van der Waals surface area contributed by atoms with E-state index in [9.17, 15) is 22.7 Å². The summed E-state index contributed by atoms with van der Waals surface area (Å²) in [5.74, 6) is -1.99. The molecule has 0 radical (unpaired) electrons. The number of hydrogen-bond donors (Lipinski definition) is 2. The van der Waals surface area contributed by atoms with E-state index in [0.29, 0.717) is 6.07 Å². The van der Waals surface area contributed by atoms with Crippen LogP contribution in [0.1, 0.15) is 5.56 Å². The molecule has 0 unspecified atom stereocenters. The maximum Gasteiger partial charge on any atom is 0.417 e. The van der Waals surface area contributed by atoms with Crippen molar-refractivity contribution >= 4 is 39.5 Å². The van der Waals surface area contributed by atoms with Gasteiger partial charge in [0.05, 0.1) is 15.4 Å². The second-order valence-corrected chi connectivity index (χ2v) is 4.49. The number of alkyl halides is 3. The van der Waals surface area contributed by atoms with Crippen molar-refractivity contribution < 1.29 is 22.7 Å². The van der Waals surface area contributed by atoms with Crippen LogP contribution in [0, 0.1) is 5.82 Å². The average molecular weight is 343 g/mol. The molecule has 1 aromatic carbocycles. The maximum absolute atomic E-state index is 13.8. The normalized spacial score (nSPS) is 12.1. The van der Waals surface area contributed by atoms with E-state index in [1.807, 2.05) is 0 Å². The van der Waals surface area contributed by atoms with Crippen LogP contribution in [0.3, 0.4) is 0 Å². The Labute approximate surface area is 111 Å². The van der Waals surface area contributed by atoms with Crippen molar-refractivity contribution in [3.8, 4) is 5.88 Å². The summed E-state index contributed by atoms with van der Waals surface area (Å²) in [5, 5.41) is 8.73. The molecule has 1 heterocycles. The molecule has 2 rings (SSSR count). The first kappa shape index (κ1) is 13.3. The third kappa shape index (κ3) is 2.12. The Morgan fingerprint density at radius 2 is 1.89 bits per heavy atom. The number of benzene rings is 1. The molecule has 2 aromatic rings. The minimum Gasteiger partial charge on any atom is -0.493 e. The highest BCUT2D eigenvalue weighted by Gasteiger charge is 2.35. The molecule has 0 fully saturated rings. The molecule has 1 N–H and O–H groups in total. The molecule has 0 aliphatic rings. The van der Waals surface area contributed by atoms with Gasteiger partial charge in [-0.2, -0.15) is 18.2 Å². The van der Waals surface area contributed by atoms with Crippen LogP contribution in [-0.4, -0.2) is 15.1 Å². The Hall–Kier alpha value is -1.09. The van der Waals surface area contributed by atoms with Gasteiger partial charge in [-0.25, -0.2) is 9.37 Å². The number of hydrogen-bond acceptors (Lipinski definition) is 4. The van der Waals surface area contributed by atoms with E-state index in [0.717, 1.165) is 0 Å². The summed E-state index contributed by atoms with van der Waals surface area (Å²) in [6.07, 6.45) is -4.76. The van der Waals surface area contributed by atoms with Gasteiger partial charge in [0, 0.05) is 0 Å². The van der Waals surface area contributed by atoms with Crippen LogP contribution in [0.4, 0.5) is 17.6 Å². The monoisotopic (exact) mass is 342 g/mol. The topological polar surface area (TPSA) is 46.0 Å². The molecular weight excluding hydrogens is 340 g/mol. The van der Waals surface area contributed by atoms with E-state index in [-0.39, 0.29) is 5.16 Å². The van der Waals surface area contributed by atoms with Gasteiger partial charge in [0.1, 0.15) is 5.52 Å². The number of rotatable bonds is 0. The van der Waals surface area contributed by atoms with Crippen molar-refractivity contribution in [3.63, 3.8) is 0 Å². The second-order valence-electron chi connectivity index (χ2n) is 3.29. The average Bonchev–Trinajstić information content (AvgIpc) is 2.22. The predicted molar refractivity (Wildman–Crippen MR) is 61.1 cm³/mol. The van der Waals surface area contributed by atoms with Gasteiger partial charge < -0.3 is 5.11 Å². The van der Waals surface area contributed by atoms with Gasteiger partial charge in [0.15, 0.2) is 11.0 Å². The third-order valence-electron chi connectivity index (χ3n) is 2.14. The number of nitrogens with zero attached hydrogens (tertiary/aromatic N) is 2. The molecular formula is C9H3BrF4N2OS. The molecule has 0 aliphatic heterocycles. The maximum atomic E-state index is 13.8. The van der Waals surface area contributed by atoms with Crippen LogP contribution in [0.25, 0.3) is 10.9 Å². The summed E-state index contributed by atoms with van der Waals surface area (Å²) in [5.41, 5.74) is -1.69. The Kier molecular flexibility index (Phi) is 3.14. The zero-order valence-corrected chi connectivity index (χ0v) is 10.7. The summed E-state index contributed by atoms with van der Waals surface area (Å²) in [6.45, 7) is 0. The number of fused-ring (bicyclic) bond motifs is 1. The van der Waals surface area contributed by atoms with Crippen LogP contribution in [-0.2, 0) is 6.18 Å². The molecule has 9 heteroatoms. The van der Waals surface area contributed by atoms with Crippen molar-refractivity contribution in [2.24, 2.45) is 0 Å². The molecule has 0 aliphatic carbocycles. The van der Waals surface area contributed by atoms with E-state index >= 15 is 0 Å². The lowest BCUT2D eigenvalue weighted by molar-refractivity contribution is -0.138. The molecule has 0 saturated heterocycles. The fourth-order valence-electron chi connectivity index (χ4n) is 1.38. The van der Waals surface area contributed by atoms with Gasteiger partial charge in [0.25, 0.3) is 0 Å². The van der Waals surface area contributed by atoms with Gasteiger partial charge in [-0.1, -0.05) is 0 Å². The summed E-state index contributed by atoms with van der Waals surface area (Å²) < 4.78 is 50.9. The van der Waals surface area contributed by atoms with Crippen LogP contribution in [0.2, 0.25) is 0 Å². The van der Waals surface area contributed by atoms with Crippen molar-refractivity contribution in [1.82, 2.24) is 9.97 Å². The smallest absolute Gasteiger partial charge is 0.417 e. The fraction of sp³-hybridized carbons (Fsp3) is 0.111. The minimum atomic E-state index is -4.76. The molecule has 18 heavy (non-hydrogen) atoms. The highest BCUT2D eigenvalue weighted by Crippen LogP contribution is 2.40. The Bertz CT molecular complexity index is 647. The van der Waals surface area contributed by atoms with Gasteiger partial charge >= 0.3 is 6.18 Å². The zero-order chi connectivity index (χ0) is 13.7. The number of aromatic nitrogens is 2. The predicted octanol–water partition coefficient (Wildman–Crippen LogP) is 3.54. The first-order valence-electron chi connectivity index (χ1n) is 4.36. The number of aromatic hydroxyl groups is 1. The van der Waals surface area contributed by atoms with Gasteiger partial charge in [0.2, 0.25) is 5.88 Å². The quantitative estimate of drug-likeness (QED) is 0.437. The molecule has 0 amide bonds. The van der Waals surface area contributed by atoms with E-state index < -0.39 is 38.8 Å². The lowest BCUT2D eigenvalue weighted by Crippen LogP contribution is -2.08. The van der Waals surface area contributed by atoms with Gasteiger partial charge in [-0.3, -0.25) is 0 Å². The summed E-state index contributed by atoms with van der Waals surface area (Å²) in [7, 11) is 0.